The molecule has 0 unspecified atom stereocenters. The molecule has 2 aromatic carbocycles. The van der Waals surface area contributed by atoms with Crippen LogP contribution in [0.4, 0.5) is 0 Å². The molecule has 8 nitrogen and oxygen atoms in total. The van der Waals surface area contributed by atoms with E-state index in [0.717, 1.165) is 0 Å². The normalized spacial score (nSPS) is 12.6. The number of hydrazone groups is 1. The van der Waals surface area contributed by atoms with E-state index in [-0.39, 0.29) is 17.5 Å². The van der Waals surface area contributed by atoms with Gasteiger partial charge in [0.1, 0.15) is 18.4 Å². The number of ether oxygens (including phenoxy) is 3. The number of amides is 2. The molecule has 0 saturated heterocycles. The minimum Gasteiger partial charge on any atom is -0.493 e. The second-order valence-electron chi connectivity index (χ2n) is 8.24. The van der Waals surface area contributed by atoms with Crippen LogP contribution in [0, 0.1) is 5.92 Å². The van der Waals surface area contributed by atoms with Crippen LogP contribution in [0.5, 0.6) is 17.2 Å². The molecular formula is C26H31Cl2N3O5. The highest BCUT2D eigenvalue weighted by molar-refractivity contribution is 6.35. The minimum absolute atomic E-state index is 0.129. The molecule has 2 rings (SSSR count). The summed E-state index contributed by atoms with van der Waals surface area (Å²) in [6.07, 6.45) is 2.55. The predicted octanol–water partition coefficient (Wildman–Crippen LogP) is 5.02. The molecule has 0 heterocycles. The molecule has 36 heavy (non-hydrogen) atoms. The second-order valence-corrected chi connectivity index (χ2v) is 9.08. The zero-order valence-electron chi connectivity index (χ0n) is 20.7. The molecule has 0 bridgehead atoms. The standard InChI is InChI=1S/C26H31Cl2N3O5/c1-6-12-35-24-18(8-7-9-23(24)34-5)15-29-31-26(33)21(13-16(2)3)30-25(32)17(4)36-22-11-10-19(27)14-20(22)28/h6-11,14-17,21H,1,12-13H2,2-5H3,(H,30,32)(H,31,33)/b29-15-/t17-,21-/m0/s1. The van der Waals surface area contributed by atoms with Gasteiger partial charge in [0.25, 0.3) is 11.8 Å². The summed E-state index contributed by atoms with van der Waals surface area (Å²) in [5.41, 5.74) is 3.09. The maximum atomic E-state index is 12.9. The predicted molar refractivity (Wildman–Crippen MR) is 142 cm³/mol. The summed E-state index contributed by atoms with van der Waals surface area (Å²) in [5, 5.41) is 7.52. The molecule has 0 fully saturated rings. The molecule has 194 valence electrons. The summed E-state index contributed by atoms with van der Waals surface area (Å²) in [6.45, 7) is 9.38. The van der Waals surface area contributed by atoms with Gasteiger partial charge in [0.15, 0.2) is 17.6 Å². The average molecular weight is 536 g/mol. The molecule has 2 atom stereocenters. The molecule has 2 amide bonds. The molecular weight excluding hydrogens is 505 g/mol. The molecule has 0 spiro atoms. The smallest absolute Gasteiger partial charge is 0.262 e. The van der Waals surface area contributed by atoms with Crippen molar-refractivity contribution in [3.05, 3.63) is 64.7 Å². The van der Waals surface area contributed by atoms with Gasteiger partial charge in [-0.3, -0.25) is 9.59 Å². The van der Waals surface area contributed by atoms with Crippen LogP contribution >= 0.6 is 23.2 Å². The van der Waals surface area contributed by atoms with Crippen LogP contribution in [0.25, 0.3) is 0 Å². The fraction of sp³-hybridized carbons (Fsp3) is 0.346. The highest BCUT2D eigenvalue weighted by Crippen LogP contribution is 2.30. The molecule has 2 aromatic rings. The summed E-state index contributed by atoms with van der Waals surface area (Å²) in [4.78, 5) is 25.6. The number of carbonyl (C=O) groups excluding carboxylic acids is 2. The van der Waals surface area contributed by atoms with Crippen molar-refractivity contribution in [1.29, 1.82) is 0 Å². The Bertz CT molecular complexity index is 1090. The summed E-state index contributed by atoms with van der Waals surface area (Å²) >= 11 is 12.0. The van der Waals surface area contributed by atoms with Gasteiger partial charge in [-0.05, 0) is 49.6 Å². The van der Waals surface area contributed by atoms with Crippen molar-refractivity contribution < 1.29 is 23.8 Å². The topological polar surface area (TPSA) is 98.2 Å². The highest BCUT2D eigenvalue weighted by Gasteiger charge is 2.25. The third-order valence-electron chi connectivity index (χ3n) is 4.86. The Kier molecular flexibility index (Phi) is 11.6. The first-order chi connectivity index (χ1) is 17.2. The van der Waals surface area contributed by atoms with Crippen molar-refractivity contribution in [3.8, 4) is 17.2 Å². The number of benzene rings is 2. The van der Waals surface area contributed by atoms with Gasteiger partial charge in [-0.15, -0.1) is 0 Å². The lowest BCUT2D eigenvalue weighted by Gasteiger charge is -2.22. The Hall–Kier alpha value is -3.23. The van der Waals surface area contributed by atoms with E-state index in [0.29, 0.717) is 34.3 Å². The highest BCUT2D eigenvalue weighted by atomic mass is 35.5. The van der Waals surface area contributed by atoms with E-state index in [1.807, 2.05) is 13.8 Å². The third-order valence-corrected chi connectivity index (χ3v) is 5.39. The number of halogens is 2. The van der Waals surface area contributed by atoms with Crippen molar-refractivity contribution >= 4 is 41.2 Å². The molecule has 0 radical (unpaired) electrons. The number of methoxy groups -OCH3 is 1. The van der Waals surface area contributed by atoms with Crippen LogP contribution in [-0.4, -0.2) is 43.9 Å². The summed E-state index contributed by atoms with van der Waals surface area (Å²) in [7, 11) is 1.53. The van der Waals surface area contributed by atoms with Gasteiger partial charge in [0, 0.05) is 10.6 Å². The Morgan fingerprint density at radius 3 is 2.50 bits per heavy atom. The molecule has 0 saturated carbocycles. The molecule has 0 aliphatic rings. The number of carbonyl (C=O) groups is 2. The van der Waals surface area contributed by atoms with Gasteiger partial charge >= 0.3 is 0 Å². The molecule has 2 N–H and O–H groups in total. The van der Waals surface area contributed by atoms with E-state index >= 15 is 0 Å². The average Bonchev–Trinajstić information content (AvgIpc) is 2.83. The van der Waals surface area contributed by atoms with Crippen molar-refractivity contribution in [1.82, 2.24) is 10.7 Å². The van der Waals surface area contributed by atoms with E-state index in [2.05, 4.69) is 22.4 Å². The molecule has 0 aromatic heterocycles. The maximum Gasteiger partial charge on any atom is 0.262 e. The van der Waals surface area contributed by atoms with Crippen LogP contribution < -0.4 is 25.0 Å². The van der Waals surface area contributed by atoms with Crippen molar-refractivity contribution in [2.45, 2.75) is 39.3 Å². The second kappa shape index (κ2) is 14.4. The minimum atomic E-state index is -0.906. The van der Waals surface area contributed by atoms with Crippen LogP contribution in [0.15, 0.2) is 54.2 Å². The number of nitrogens with zero attached hydrogens (tertiary/aromatic N) is 1. The lowest BCUT2D eigenvalue weighted by molar-refractivity contribution is -0.132. The third kappa shape index (κ3) is 8.77. The van der Waals surface area contributed by atoms with E-state index < -0.39 is 24.0 Å². The molecule has 0 aliphatic heterocycles. The van der Waals surface area contributed by atoms with Crippen LogP contribution in [-0.2, 0) is 9.59 Å². The molecule has 10 heteroatoms. The fourth-order valence-corrected chi connectivity index (χ4v) is 3.60. The first kappa shape index (κ1) is 29.0. The SMILES string of the molecule is C=CCOc1c(/C=N\NC(=O)[C@H](CC(C)C)NC(=O)[C@H](C)Oc2ccc(Cl)cc2Cl)cccc1OC. The van der Waals surface area contributed by atoms with Crippen molar-refractivity contribution in [2.24, 2.45) is 11.0 Å². The quantitative estimate of drug-likeness (QED) is 0.213. The van der Waals surface area contributed by atoms with E-state index in [9.17, 15) is 9.59 Å². The first-order valence-electron chi connectivity index (χ1n) is 11.3. The van der Waals surface area contributed by atoms with Gasteiger partial charge in [0.2, 0.25) is 0 Å². The Morgan fingerprint density at radius 2 is 1.86 bits per heavy atom. The lowest BCUT2D eigenvalue weighted by Crippen LogP contribution is -2.49. The van der Waals surface area contributed by atoms with Gasteiger partial charge in [0.05, 0.1) is 18.3 Å². The largest absolute Gasteiger partial charge is 0.493 e. The Labute approximate surface area is 221 Å². The number of nitrogens with one attached hydrogen (secondary N) is 2. The van der Waals surface area contributed by atoms with E-state index in [1.54, 1.807) is 43.3 Å². The van der Waals surface area contributed by atoms with Gasteiger partial charge < -0.3 is 19.5 Å². The number of hydrogen-bond donors (Lipinski definition) is 2. The van der Waals surface area contributed by atoms with E-state index in [4.69, 9.17) is 37.4 Å². The van der Waals surface area contributed by atoms with Crippen molar-refractivity contribution in [3.63, 3.8) is 0 Å². The number of hydrogen-bond acceptors (Lipinski definition) is 6. The van der Waals surface area contributed by atoms with Gasteiger partial charge in [-0.1, -0.05) is 55.8 Å². The van der Waals surface area contributed by atoms with Gasteiger partial charge in [-0.2, -0.15) is 5.10 Å². The summed E-state index contributed by atoms with van der Waals surface area (Å²) in [6, 6.07) is 9.17. The van der Waals surface area contributed by atoms with Crippen LogP contribution in [0.2, 0.25) is 10.0 Å². The maximum absolute atomic E-state index is 12.9. The Morgan fingerprint density at radius 1 is 1.11 bits per heavy atom. The van der Waals surface area contributed by atoms with E-state index in [1.165, 1.54) is 19.4 Å². The number of rotatable bonds is 13. The Balaban J connectivity index is 2.08. The summed E-state index contributed by atoms with van der Waals surface area (Å²) in [5.74, 6) is 0.485. The first-order valence-corrected chi connectivity index (χ1v) is 12.1. The van der Waals surface area contributed by atoms with Crippen LogP contribution in [0.1, 0.15) is 32.8 Å². The monoisotopic (exact) mass is 535 g/mol. The zero-order valence-corrected chi connectivity index (χ0v) is 22.2. The fourth-order valence-electron chi connectivity index (χ4n) is 3.14. The number of para-hydroxylation sites is 1. The van der Waals surface area contributed by atoms with Gasteiger partial charge in [-0.25, -0.2) is 5.43 Å². The lowest BCUT2D eigenvalue weighted by atomic mass is 10.0. The molecule has 0 aliphatic carbocycles. The summed E-state index contributed by atoms with van der Waals surface area (Å²) < 4.78 is 16.7. The zero-order chi connectivity index (χ0) is 26.7. The van der Waals surface area contributed by atoms with Crippen LogP contribution in [0.3, 0.4) is 0 Å². The van der Waals surface area contributed by atoms with Crippen molar-refractivity contribution in [2.75, 3.05) is 13.7 Å².